The summed E-state index contributed by atoms with van der Waals surface area (Å²) in [6, 6.07) is 15.9. The monoisotopic (exact) mass is 292 g/mol. The van der Waals surface area contributed by atoms with Crippen molar-refractivity contribution in [1.29, 1.82) is 0 Å². The van der Waals surface area contributed by atoms with Gasteiger partial charge in [-0.25, -0.2) is 0 Å². The van der Waals surface area contributed by atoms with Crippen LogP contribution in [0, 0.1) is 0 Å². The van der Waals surface area contributed by atoms with E-state index in [0.717, 1.165) is 11.1 Å². The maximum atomic E-state index is 6.22. The summed E-state index contributed by atoms with van der Waals surface area (Å²) in [6.07, 6.45) is 3.71. The number of halogens is 2. The van der Waals surface area contributed by atoms with Crippen molar-refractivity contribution in [3.63, 3.8) is 0 Å². The van der Waals surface area contributed by atoms with Crippen LogP contribution in [0.15, 0.2) is 60.7 Å². The largest absolute Gasteiger partial charge is 0.488 e. The van der Waals surface area contributed by atoms with Gasteiger partial charge in [-0.15, -0.1) is 11.6 Å². The number of alkyl halides is 1. The van der Waals surface area contributed by atoms with Crippen LogP contribution in [0.4, 0.5) is 0 Å². The number of hydrogen-bond acceptors (Lipinski definition) is 1. The van der Waals surface area contributed by atoms with Crippen molar-refractivity contribution < 1.29 is 4.74 Å². The Hall–Kier alpha value is -1.44. The van der Waals surface area contributed by atoms with E-state index in [1.165, 1.54) is 0 Å². The predicted octanol–water partition coefficient (Wildman–Crippen LogP) is 5.18. The van der Waals surface area contributed by atoms with Crippen molar-refractivity contribution in [3.05, 3.63) is 65.7 Å². The molecule has 0 fully saturated rings. The van der Waals surface area contributed by atoms with Crippen LogP contribution in [0.5, 0.6) is 5.75 Å². The quantitative estimate of drug-likeness (QED) is 0.545. The van der Waals surface area contributed by atoms with Gasteiger partial charge in [-0.1, -0.05) is 60.2 Å². The summed E-state index contributed by atoms with van der Waals surface area (Å²) in [6.45, 7) is 0.469. The van der Waals surface area contributed by atoms with E-state index in [9.17, 15) is 0 Å². The summed E-state index contributed by atoms with van der Waals surface area (Å²) < 4.78 is 5.55. The minimum Gasteiger partial charge on any atom is -0.488 e. The van der Waals surface area contributed by atoms with Gasteiger partial charge in [0.15, 0.2) is 0 Å². The molecule has 0 saturated heterocycles. The second kappa shape index (κ2) is 7.22. The molecule has 0 saturated carbocycles. The summed E-state index contributed by atoms with van der Waals surface area (Å²) in [4.78, 5) is 0. The molecule has 0 atom stereocenters. The zero-order valence-corrected chi connectivity index (χ0v) is 11.9. The van der Waals surface area contributed by atoms with Crippen molar-refractivity contribution >= 4 is 23.2 Å². The number of benzene rings is 2. The van der Waals surface area contributed by atoms with Crippen molar-refractivity contribution in [2.24, 2.45) is 0 Å². The summed E-state index contributed by atoms with van der Waals surface area (Å²) in [5, 5.41) is 0.612. The smallest absolute Gasteiger partial charge is 0.138 e. The van der Waals surface area contributed by atoms with Gasteiger partial charge in [0.25, 0.3) is 0 Å². The van der Waals surface area contributed by atoms with Crippen molar-refractivity contribution in [2.75, 3.05) is 12.5 Å². The number of rotatable bonds is 5. The van der Waals surface area contributed by atoms with Gasteiger partial charge in [0.1, 0.15) is 12.4 Å². The highest BCUT2D eigenvalue weighted by atomic mass is 35.5. The molecule has 98 valence electrons. The van der Waals surface area contributed by atoms with Crippen LogP contribution in [0.25, 0.3) is 11.1 Å². The molecule has 0 aromatic heterocycles. The van der Waals surface area contributed by atoms with Crippen molar-refractivity contribution in [3.8, 4) is 16.9 Å². The molecule has 19 heavy (non-hydrogen) atoms. The number of allylic oxidation sites excluding steroid dienone is 1. The van der Waals surface area contributed by atoms with Gasteiger partial charge in [-0.2, -0.15) is 0 Å². The molecule has 0 unspecified atom stereocenters. The molecular formula is C16H14Cl2O. The molecule has 2 rings (SSSR count). The van der Waals surface area contributed by atoms with Crippen LogP contribution < -0.4 is 4.74 Å². The minimum atomic E-state index is 0.469. The van der Waals surface area contributed by atoms with Gasteiger partial charge in [0.05, 0.1) is 5.02 Å². The summed E-state index contributed by atoms with van der Waals surface area (Å²) in [5.74, 6) is 1.17. The fourth-order valence-corrected chi connectivity index (χ4v) is 2.06. The van der Waals surface area contributed by atoms with E-state index in [1.807, 2.05) is 48.6 Å². The lowest BCUT2D eigenvalue weighted by Crippen LogP contribution is -1.94. The maximum absolute atomic E-state index is 6.22. The van der Waals surface area contributed by atoms with E-state index in [0.29, 0.717) is 23.3 Å². The predicted molar refractivity (Wildman–Crippen MR) is 82.2 cm³/mol. The molecule has 0 bridgehead atoms. The van der Waals surface area contributed by atoms with Crippen LogP contribution in [0.1, 0.15) is 0 Å². The average Bonchev–Trinajstić information content (AvgIpc) is 2.46. The zero-order chi connectivity index (χ0) is 13.5. The molecule has 0 aliphatic rings. The van der Waals surface area contributed by atoms with Crippen LogP contribution in [0.2, 0.25) is 5.02 Å². The first-order valence-corrected chi connectivity index (χ1v) is 6.91. The molecule has 0 N–H and O–H groups in total. The Bertz CT molecular complexity index is 550. The normalized spacial score (nSPS) is 10.8. The summed E-state index contributed by atoms with van der Waals surface area (Å²) in [7, 11) is 0. The van der Waals surface area contributed by atoms with E-state index >= 15 is 0 Å². The fraction of sp³-hybridized carbons (Fsp3) is 0.125. The van der Waals surface area contributed by atoms with E-state index in [-0.39, 0.29) is 0 Å². The second-order valence-corrected chi connectivity index (χ2v) is 4.66. The molecule has 0 amide bonds. The van der Waals surface area contributed by atoms with Crippen LogP contribution in [-0.2, 0) is 0 Å². The Labute approximate surface area is 123 Å². The van der Waals surface area contributed by atoms with Gasteiger partial charge in [-0.3, -0.25) is 0 Å². The fourth-order valence-electron chi connectivity index (χ4n) is 1.70. The van der Waals surface area contributed by atoms with Gasteiger partial charge in [-0.05, 0) is 23.3 Å². The number of ether oxygens (including phenoxy) is 1. The highest BCUT2D eigenvalue weighted by molar-refractivity contribution is 6.32. The third-order valence-electron chi connectivity index (χ3n) is 2.63. The molecule has 0 aliphatic heterocycles. The van der Waals surface area contributed by atoms with Gasteiger partial charge in [0.2, 0.25) is 0 Å². The molecule has 0 radical (unpaired) electrons. The average molecular weight is 293 g/mol. The van der Waals surface area contributed by atoms with E-state index in [2.05, 4.69) is 12.1 Å². The third-order valence-corrected chi connectivity index (χ3v) is 3.10. The molecule has 0 aliphatic carbocycles. The lowest BCUT2D eigenvalue weighted by Gasteiger charge is -2.08. The molecule has 2 aromatic rings. The van der Waals surface area contributed by atoms with E-state index < -0.39 is 0 Å². The third kappa shape index (κ3) is 4.02. The first-order valence-electron chi connectivity index (χ1n) is 6.00. The molecule has 0 spiro atoms. The van der Waals surface area contributed by atoms with Crippen LogP contribution in [-0.4, -0.2) is 12.5 Å². The number of hydrogen-bond donors (Lipinski definition) is 0. The molecule has 0 heterocycles. The first kappa shape index (κ1) is 14.0. The van der Waals surface area contributed by atoms with E-state index in [1.54, 1.807) is 0 Å². The Balaban J connectivity index is 2.11. The zero-order valence-electron chi connectivity index (χ0n) is 10.4. The van der Waals surface area contributed by atoms with Crippen molar-refractivity contribution in [2.45, 2.75) is 0 Å². The molecule has 1 nitrogen and oxygen atoms in total. The highest BCUT2D eigenvalue weighted by Gasteiger charge is 2.03. The standard InChI is InChI=1S/C16H14Cl2O/c17-10-4-5-11-19-16-9-8-14(12-15(16)18)13-6-2-1-3-7-13/h1-9,12H,10-11H2. The molecule has 3 heteroatoms. The van der Waals surface area contributed by atoms with Crippen LogP contribution >= 0.6 is 23.2 Å². The van der Waals surface area contributed by atoms with Crippen LogP contribution in [0.3, 0.4) is 0 Å². The minimum absolute atomic E-state index is 0.469. The second-order valence-electron chi connectivity index (χ2n) is 3.95. The summed E-state index contributed by atoms with van der Waals surface area (Å²) in [5.41, 5.74) is 2.22. The van der Waals surface area contributed by atoms with Gasteiger partial charge in [0, 0.05) is 5.88 Å². The highest BCUT2D eigenvalue weighted by Crippen LogP contribution is 2.30. The summed E-state index contributed by atoms with van der Waals surface area (Å²) >= 11 is 11.8. The first-order chi connectivity index (χ1) is 9.31. The maximum Gasteiger partial charge on any atom is 0.138 e. The van der Waals surface area contributed by atoms with Gasteiger partial charge < -0.3 is 4.74 Å². The Kier molecular flexibility index (Phi) is 5.31. The Morgan fingerprint density at radius 1 is 0.947 bits per heavy atom. The van der Waals surface area contributed by atoms with E-state index in [4.69, 9.17) is 27.9 Å². The van der Waals surface area contributed by atoms with Crippen molar-refractivity contribution in [1.82, 2.24) is 0 Å². The molecular weight excluding hydrogens is 279 g/mol. The lowest BCUT2D eigenvalue weighted by atomic mass is 10.1. The van der Waals surface area contributed by atoms with Gasteiger partial charge >= 0.3 is 0 Å². The SMILES string of the molecule is ClCC=CCOc1ccc(-c2ccccc2)cc1Cl. The molecule has 2 aromatic carbocycles. The topological polar surface area (TPSA) is 9.23 Å². The lowest BCUT2D eigenvalue weighted by molar-refractivity contribution is 0.363. The Morgan fingerprint density at radius 3 is 2.42 bits per heavy atom. The Morgan fingerprint density at radius 2 is 1.74 bits per heavy atom.